The molecule has 0 amide bonds. The molecule has 0 radical (unpaired) electrons. The molecule has 4 nitrogen and oxygen atoms in total. The molecule has 1 aromatic carbocycles. The van der Waals surface area contributed by atoms with E-state index >= 15 is 0 Å². The highest BCUT2D eigenvalue weighted by Crippen LogP contribution is 2.12. The van der Waals surface area contributed by atoms with E-state index in [9.17, 15) is 4.79 Å². The standard InChI is InChI=1S/C14H13N3O/c1-16-8-9-17(14(16)18)10-12-7-6-11-4-2-3-5-13(11)15-12/h2-9H,10H2,1H3. The highest BCUT2D eigenvalue weighted by Gasteiger charge is 2.03. The van der Waals surface area contributed by atoms with E-state index in [1.165, 1.54) is 0 Å². The molecule has 0 saturated carbocycles. The quantitative estimate of drug-likeness (QED) is 0.684. The highest BCUT2D eigenvalue weighted by atomic mass is 16.1. The van der Waals surface area contributed by atoms with Crippen molar-refractivity contribution in [3.05, 3.63) is 65.0 Å². The van der Waals surface area contributed by atoms with Crippen LogP contribution in [0.25, 0.3) is 10.9 Å². The summed E-state index contributed by atoms with van der Waals surface area (Å²) in [6.07, 6.45) is 3.53. The third-order valence-electron chi connectivity index (χ3n) is 3.01. The molecule has 3 rings (SSSR count). The maximum Gasteiger partial charge on any atom is 0.328 e. The molecule has 0 aliphatic carbocycles. The molecule has 0 spiro atoms. The lowest BCUT2D eigenvalue weighted by Gasteiger charge is -2.03. The summed E-state index contributed by atoms with van der Waals surface area (Å²) in [5.74, 6) is 0. The molecule has 0 aliphatic rings. The molecule has 2 heterocycles. The zero-order valence-electron chi connectivity index (χ0n) is 10.1. The van der Waals surface area contributed by atoms with Crippen molar-refractivity contribution in [1.82, 2.24) is 14.1 Å². The number of benzene rings is 1. The first-order chi connectivity index (χ1) is 8.74. The molecule has 0 saturated heterocycles. The molecule has 4 heteroatoms. The molecular formula is C14H13N3O. The zero-order valence-corrected chi connectivity index (χ0v) is 10.1. The summed E-state index contributed by atoms with van der Waals surface area (Å²) in [4.78, 5) is 16.3. The molecular weight excluding hydrogens is 226 g/mol. The number of fused-ring (bicyclic) bond motifs is 1. The smallest absolute Gasteiger partial charge is 0.302 e. The maximum absolute atomic E-state index is 11.7. The van der Waals surface area contributed by atoms with Gasteiger partial charge in [-0.15, -0.1) is 0 Å². The second-order valence-electron chi connectivity index (χ2n) is 4.31. The second kappa shape index (κ2) is 4.14. The normalized spacial score (nSPS) is 10.9. The summed E-state index contributed by atoms with van der Waals surface area (Å²) in [5, 5.41) is 1.11. The lowest BCUT2D eigenvalue weighted by molar-refractivity contribution is 0.707. The average Bonchev–Trinajstić information content (AvgIpc) is 2.71. The van der Waals surface area contributed by atoms with Crippen LogP contribution in [0.3, 0.4) is 0 Å². The van der Waals surface area contributed by atoms with Crippen molar-refractivity contribution in [3.8, 4) is 0 Å². The predicted molar refractivity (Wildman–Crippen MR) is 70.5 cm³/mol. The van der Waals surface area contributed by atoms with Crippen molar-refractivity contribution in [2.24, 2.45) is 7.05 Å². The highest BCUT2D eigenvalue weighted by molar-refractivity contribution is 5.78. The van der Waals surface area contributed by atoms with E-state index in [4.69, 9.17) is 0 Å². The van der Waals surface area contributed by atoms with Crippen molar-refractivity contribution in [2.45, 2.75) is 6.54 Å². The Morgan fingerprint density at radius 2 is 1.94 bits per heavy atom. The van der Waals surface area contributed by atoms with Gasteiger partial charge < -0.3 is 4.57 Å². The topological polar surface area (TPSA) is 39.8 Å². The summed E-state index contributed by atoms with van der Waals surface area (Å²) in [7, 11) is 1.74. The molecule has 0 unspecified atom stereocenters. The van der Waals surface area contributed by atoms with Crippen LogP contribution >= 0.6 is 0 Å². The Kier molecular flexibility index (Phi) is 2.48. The van der Waals surface area contributed by atoms with Gasteiger partial charge in [-0.25, -0.2) is 4.79 Å². The number of pyridine rings is 1. The van der Waals surface area contributed by atoms with Crippen molar-refractivity contribution in [2.75, 3.05) is 0 Å². The minimum Gasteiger partial charge on any atom is -0.302 e. The van der Waals surface area contributed by atoms with E-state index in [2.05, 4.69) is 4.98 Å². The molecule has 0 bridgehead atoms. The van der Waals surface area contributed by atoms with Crippen LogP contribution in [-0.4, -0.2) is 14.1 Å². The summed E-state index contributed by atoms with van der Waals surface area (Å²) in [5.41, 5.74) is 1.82. The first-order valence-corrected chi connectivity index (χ1v) is 5.80. The number of para-hydroxylation sites is 1. The van der Waals surface area contributed by atoms with E-state index in [1.54, 1.807) is 28.6 Å². The van der Waals surface area contributed by atoms with E-state index < -0.39 is 0 Å². The molecule has 2 aromatic heterocycles. The number of hydrogen-bond acceptors (Lipinski definition) is 2. The number of imidazole rings is 1. The molecule has 0 N–H and O–H groups in total. The fraction of sp³-hybridized carbons (Fsp3) is 0.143. The number of hydrogen-bond donors (Lipinski definition) is 0. The van der Waals surface area contributed by atoms with Crippen molar-refractivity contribution < 1.29 is 0 Å². The Balaban J connectivity index is 2.00. The fourth-order valence-corrected chi connectivity index (χ4v) is 2.00. The lowest BCUT2D eigenvalue weighted by atomic mass is 10.2. The van der Waals surface area contributed by atoms with Crippen molar-refractivity contribution >= 4 is 10.9 Å². The first-order valence-electron chi connectivity index (χ1n) is 5.80. The van der Waals surface area contributed by atoms with Crippen LogP contribution < -0.4 is 5.69 Å². The predicted octanol–water partition coefficient (Wildman–Crippen LogP) is 1.78. The van der Waals surface area contributed by atoms with Gasteiger partial charge in [-0.2, -0.15) is 0 Å². The number of aryl methyl sites for hydroxylation is 1. The number of rotatable bonds is 2. The van der Waals surface area contributed by atoms with Crippen LogP contribution in [0.1, 0.15) is 5.69 Å². The van der Waals surface area contributed by atoms with Gasteiger partial charge in [-0.05, 0) is 12.1 Å². The van der Waals surface area contributed by atoms with Crippen LogP contribution in [0.2, 0.25) is 0 Å². The van der Waals surface area contributed by atoms with Crippen LogP contribution in [0.5, 0.6) is 0 Å². The monoisotopic (exact) mass is 239 g/mol. The number of aromatic nitrogens is 3. The molecule has 0 fully saturated rings. The average molecular weight is 239 g/mol. The van der Waals surface area contributed by atoms with Crippen molar-refractivity contribution in [1.29, 1.82) is 0 Å². The Morgan fingerprint density at radius 3 is 2.72 bits per heavy atom. The molecule has 0 atom stereocenters. The Morgan fingerprint density at radius 1 is 1.11 bits per heavy atom. The first kappa shape index (κ1) is 10.8. The van der Waals surface area contributed by atoms with Crippen LogP contribution in [0.4, 0.5) is 0 Å². The van der Waals surface area contributed by atoms with E-state index in [0.29, 0.717) is 6.54 Å². The summed E-state index contributed by atoms with van der Waals surface area (Å²) >= 11 is 0. The largest absolute Gasteiger partial charge is 0.328 e. The summed E-state index contributed by atoms with van der Waals surface area (Å²) in [6, 6.07) is 12.0. The van der Waals surface area contributed by atoms with Gasteiger partial charge in [0.1, 0.15) is 0 Å². The molecule has 90 valence electrons. The fourth-order valence-electron chi connectivity index (χ4n) is 2.00. The zero-order chi connectivity index (χ0) is 12.5. The third kappa shape index (κ3) is 1.82. The van der Waals surface area contributed by atoms with Crippen LogP contribution in [-0.2, 0) is 13.6 Å². The van der Waals surface area contributed by atoms with Crippen LogP contribution in [0, 0.1) is 0 Å². The van der Waals surface area contributed by atoms with E-state index in [0.717, 1.165) is 16.6 Å². The van der Waals surface area contributed by atoms with E-state index in [1.807, 2.05) is 36.4 Å². The number of nitrogens with zero attached hydrogens (tertiary/aromatic N) is 3. The minimum absolute atomic E-state index is 0.0232. The van der Waals surface area contributed by atoms with Gasteiger partial charge in [-0.1, -0.05) is 24.3 Å². The molecule has 0 aliphatic heterocycles. The lowest BCUT2D eigenvalue weighted by Crippen LogP contribution is -2.22. The minimum atomic E-state index is -0.0232. The van der Waals surface area contributed by atoms with Gasteiger partial charge in [0.05, 0.1) is 17.8 Å². The SMILES string of the molecule is Cn1ccn(Cc2ccc3ccccc3n2)c1=O. The molecule has 3 aromatic rings. The van der Waals surface area contributed by atoms with Gasteiger partial charge in [-0.3, -0.25) is 9.55 Å². The Labute approximate surface area is 104 Å². The van der Waals surface area contributed by atoms with E-state index in [-0.39, 0.29) is 5.69 Å². The molecule has 18 heavy (non-hydrogen) atoms. The van der Waals surface area contributed by atoms with Gasteiger partial charge in [0.15, 0.2) is 0 Å². The van der Waals surface area contributed by atoms with Crippen LogP contribution in [0.15, 0.2) is 53.6 Å². The van der Waals surface area contributed by atoms with Gasteiger partial charge in [0, 0.05) is 24.8 Å². The maximum atomic E-state index is 11.7. The van der Waals surface area contributed by atoms with Gasteiger partial charge in [0.25, 0.3) is 0 Å². The summed E-state index contributed by atoms with van der Waals surface area (Å²) < 4.78 is 3.21. The Hall–Kier alpha value is -2.36. The van der Waals surface area contributed by atoms with Crippen molar-refractivity contribution in [3.63, 3.8) is 0 Å². The van der Waals surface area contributed by atoms with Gasteiger partial charge >= 0.3 is 5.69 Å². The second-order valence-corrected chi connectivity index (χ2v) is 4.31. The summed E-state index contributed by atoms with van der Waals surface area (Å²) in [6.45, 7) is 0.504. The van der Waals surface area contributed by atoms with Gasteiger partial charge in [0.2, 0.25) is 0 Å². The Bertz CT molecular complexity index is 755. The third-order valence-corrected chi connectivity index (χ3v) is 3.01.